The molecule has 1 aromatic carbocycles. The third-order valence-corrected chi connectivity index (χ3v) is 4.68. The highest BCUT2D eigenvalue weighted by Gasteiger charge is 2.27. The van der Waals surface area contributed by atoms with Gasteiger partial charge >= 0.3 is 6.61 Å². The number of hydrogen-bond donors (Lipinski definition) is 1. The quantitative estimate of drug-likeness (QED) is 0.860. The lowest BCUT2D eigenvalue weighted by Gasteiger charge is -2.21. The minimum absolute atomic E-state index is 0.0797. The van der Waals surface area contributed by atoms with Crippen LogP contribution in [0, 0.1) is 0 Å². The van der Waals surface area contributed by atoms with Crippen molar-refractivity contribution in [3.05, 3.63) is 30.1 Å². The van der Waals surface area contributed by atoms with Crippen LogP contribution >= 0.6 is 11.5 Å². The van der Waals surface area contributed by atoms with E-state index >= 15 is 0 Å². The Morgan fingerprint density at radius 2 is 2.08 bits per heavy atom. The monoisotopic (exact) mass is 368 g/mol. The van der Waals surface area contributed by atoms with Gasteiger partial charge < -0.3 is 15.0 Å². The van der Waals surface area contributed by atoms with Crippen molar-refractivity contribution in [1.29, 1.82) is 0 Å². The lowest BCUT2D eigenvalue weighted by atomic mass is 9.96. The van der Waals surface area contributed by atoms with Crippen molar-refractivity contribution in [3.8, 4) is 5.75 Å². The van der Waals surface area contributed by atoms with Gasteiger partial charge in [0.15, 0.2) is 0 Å². The lowest BCUT2D eigenvalue weighted by molar-refractivity contribution is -0.0495. The Morgan fingerprint density at radius 1 is 1.32 bits per heavy atom. The van der Waals surface area contributed by atoms with E-state index < -0.39 is 6.61 Å². The van der Waals surface area contributed by atoms with Gasteiger partial charge in [-0.15, -0.1) is 0 Å². The molecule has 1 N–H and O–H groups in total. The van der Waals surface area contributed by atoms with Crippen molar-refractivity contribution >= 4 is 22.4 Å². The largest absolute Gasteiger partial charge is 0.433 e. The van der Waals surface area contributed by atoms with Gasteiger partial charge in [-0.1, -0.05) is 32.9 Å². The number of benzene rings is 1. The molecule has 1 aliphatic rings. The van der Waals surface area contributed by atoms with E-state index in [1.165, 1.54) is 11.5 Å². The molecule has 0 spiro atoms. The van der Waals surface area contributed by atoms with E-state index in [9.17, 15) is 8.78 Å². The number of alkyl halides is 2. The van der Waals surface area contributed by atoms with Gasteiger partial charge in [-0.25, -0.2) is 4.98 Å². The van der Waals surface area contributed by atoms with Gasteiger partial charge in [0.05, 0.1) is 5.69 Å². The molecule has 1 atom stereocenters. The molecular formula is C17H22F2N4OS. The Kier molecular flexibility index (Phi) is 5.08. The summed E-state index contributed by atoms with van der Waals surface area (Å²) in [5, 5.41) is 4.21. The number of ether oxygens (including phenoxy) is 1. The fourth-order valence-electron chi connectivity index (χ4n) is 2.77. The number of para-hydroxylation sites is 2. The molecule has 1 aliphatic heterocycles. The van der Waals surface area contributed by atoms with Crippen LogP contribution in [0.25, 0.3) is 0 Å². The predicted octanol–water partition coefficient (Wildman–Crippen LogP) is 4.13. The number of halogens is 2. The molecule has 25 heavy (non-hydrogen) atoms. The third-order valence-electron chi connectivity index (χ3n) is 4.03. The van der Waals surface area contributed by atoms with Crippen molar-refractivity contribution in [2.75, 3.05) is 23.3 Å². The second-order valence-electron chi connectivity index (χ2n) is 7.10. The van der Waals surface area contributed by atoms with Crippen LogP contribution in [0.4, 0.5) is 19.6 Å². The molecule has 8 heteroatoms. The predicted molar refractivity (Wildman–Crippen MR) is 95.9 cm³/mol. The zero-order valence-electron chi connectivity index (χ0n) is 14.5. The highest BCUT2D eigenvalue weighted by atomic mass is 32.1. The fourth-order valence-corrected chi connectivity index (χ4v) is 3.61. The average Bonchev–Trinajstić information content (AvgIpc) is 3.17. The normalized spacial score (nSPS) is 18.0. The van der Waals surface area contributed by atoms with Crippen molar-refractivity contribution in [2.24, 2.45) is 0 Å². The van der Waals surface area contributed by atoms with Crippen LogP contribution in [0.15, 0.2) is 24.3 Å². The Hall–Kier alpha value is -1.96. The summed E-state index contributed by atoms with van der Waals surface area (Å²) in [6.07, 6.45) is 0.896. The zero-order chi connectivity index (χ0) is 18.0. The second kappa shape index (κ2) is 7.11. The fraction of sp³-hybridized carbons (Fsp3) is 0.529. The molecule has 2 heterocycles. The maximum Gasteiger partial charge on any atom is 0.387 e. The van der Waals surface area contributed by atoms with Crippen molar-refractivity contribution < 1.29 is 13.5 Å². The number of aromatic nitrogens is 2. The Balaban J connectivity index is 1.65. The molecule has 0 aliphatic carbocycles. The number of hydrogen-bond acceptors (Lipinski definition) is 6. The van der Waals surface area contributed by atoms with E-state index in [1.807, 2.05) is 12.1 Å². The summed E-state index contributed by atoms with van der Waals surface area (Å²) < 4.78 is 34.2. The first-order valence-corrected chi connectivity index (χ1v) is 9.00. The topological polar surface area (TPSA) is 50.3 Å². The molecule has 1 fully saturated rings. The van der Waals surface area contributed by atoms with E-state index in [0.717, 1.165) is 23.9 Å². The molecule has 5 nitrogen and oxygen atoms in total. The number of nitrogens with one attached hydrogen (secondary N) is 1. The van der Waals surface area contributed by atoms with Gasteiger partial charge in [0.25, 0.3) is 0 Å². The average molecular weight is 368 g/mol. The zero-order valence-corrected chi connectivity index (χ0v) is 15.3. The standard InChI is InChI=1S/C17H22F2N4OS/c1-17(2,3)14-21-16(25-22-14)20-11-8-9-23(10-11)12-6-4-5-7-13(12)24-15(18)19/h4-7,11,15H,8-10H2,1-3H3,(H,20,21,22). The minimum atomic E-state index is -2.82. The van der Waals surface area contributed by atoms with Gasteiger partial charge in [-0.2, -0.15) is 13.2 Å². The Bertz CT molecular complexity index is 717. The van der Waals surface area contributed by atoms with Gasteiger partial charge in [-0.3, -0.25) is 0 Å². The minimum Gasteiger partial charge on any atom is -0.433 e. The SMILES string of the molecule is CC(C)(C)c1nsc(NC2CCN(c3ccccc3OC(F)F)C2)n1. The molecule has 1 aromatic heterocycles. The summed E-state index contributed by atoms with van der Waals surface area (Å²) in [4.78, 5) is 6.61. The third kappa shape index (κ3) is 4.36. The first kappa shape index (κ1) is 17.8. The maximum atomic E-state index is 12.6. The molecule has 2 aromatic rings. The van der Waals surface area contributed by atoms with Crippen LogP contribution in [-0.2, 0) is 5.41 Å². The molecule has 3 rings (SSSR count). The van der Waals surface area contributed by atoms with Crippen LogP contribution in [-0.4, -0.2) is 35.1 Å². The summed E-state index contributed by atoms with van der Waals surface area (Å²) in [7, 11) is 0. The van der Waals surface area contributed by atoms with Gasteiger partial charge in [0.1, 0.15) is 11.6 Å². The first-order chi connectivity index (χ1) is 11.8. The summed E-state index contributed by atoms with van der Waals surface area (Å²) >= 11 is 1.36. The van der Waals surface area contributed by atoms with Crippen LogP contribution in [0.2, 0.25) is 0 Å². The number of anilines is 2. The maximum absolute atomic E-state index is 12.6. The molecule has 136 valence electrons. The summed E-state index contributed by atoms with van der Waals surface area (Å²) in [6.45, 7) is 4.89. The summed E-state index contributed by atoms with van der Waals surface area (Å²) in [5.74, 6) is 1.04. The van der Waals surface area contributed by atoms with E-state index in [1.54, 1.807) is 12.1 Å². The highest BCUT2D eigenvalue weighted by molar-refractivity contribution is 7.09. The van der Waals surface area contributed by atoms with Crippen molar-refractivity contribution in [1.82, 2.24) is 9.36 Å². The second-order valence-corrected chi connectivity index (χ2v) is 7.85. The van der Waals surface area contributed by atoms with E-state index in [-0.39, 0.29) is 17.2 Å². The Morgan fingerprint density at radius 3 is 2.76 bits per heavy atom. The summed E-state index contributed by atoms with van der Waals surface area (Å²) in [5.41, 5.74) is 0.615. The molecule has 0 radical (unpaired) electrons. The van der Waals surface area contributed by atoms with Crippen LogP contribution in [0.5, 0.6) is 5.75 Å². The lowest BCUT2D eigenvalue weighted by Crippen LogP contribution is -2.26. The van der Waals surface area contributed by atoms with Crippen LogP contribution < -0.4 is 15.0 Å². The van der Waals surface area contributed by atoms with Crippen molar-refractivity contribution in [3.63, 3.8) is 0 Å². The first-order valence-electron chi connectivity index (χ1n) is 8.22. The number of nitrogens with zero attached hydrogens (tertiary/aromatic N) is 3. The van der Waals surface area contributed by atoms with E-state index in [4.69, 9.17) is 0 Å². The van der Waals surface area contributed by atoms with Gasteiger partial charge in [0, 0.05) is 36.1 Å². The number of rotatable bonds is 5. The van der Waals surface area contributed by atoms with E-state index in [2.05, 4.69) is 45.1 Å². The molecule has 0 amide bonds. The van der Waals surface area contributed by atoms with Crippen molar-refractivity contribution in [2.45, 2.75) is 45.3 Å². The highest BCUT2D eigenvalue weighted by Crippen LogP contribution is 2.32. The van der Waals surface area contributed by atoms with E-state index in [0.29, 0.717) is 12.2 Å². The van der Waals surface area contributed by atoms with Gasteiger partial charge in [-0.05, 0) is 18.6 Å². The molecule has 1 saturated heterocycles. The Labute approximate surface area is 150 Å². The molecule has 0 saturated carbocycles. The smallest absolute Gasteiger partial charge is 0.387 e. The van der Waals surface area contributed by atoms with Gasteiger partial charge in [0.2, 0.25) is 5.13 Å². The molecular weight excluding hydrogens is 346 g/mol. The molecule has 1 unspecified atom stereocenters. The molecule has 0 bridgehead atoms. The summed E-state index contributed by atoms with van der Waals surface area (Å²) in [6, 6.07) is 7.10. The van der Waals surface area contributed by atoms with Crippen LogP contribution in [0.3, 0.4) is 0 Å². The van der Waals surface area contributed by atoms with Crippen LogP contribution in [0.1, 0.15) is 33.0 Å².